The van der Waals surface area contributed by atoms with Crippen molar-refractivity contribution in [3.63, 3.8) is 0 Å². The molecule has 0 aliphatic carbocycles. The van der Waals surface area contributed by atoms with Crippen LogP contribution in [0.3, 0.4) is 0 Å². The highest BCUT2D eigenvalue weighted by Crippen LogP contribution is 2.37. The number of benzene rings is 1. The summed E-state index contributed by atoms with van der Waals surface area (Å²) in [7, 11) is 0. The molecule has 0 radical (unpaired) electrons. The van der Waals surface area contributed by atoms with Gasteiger partial charge in [-0.3, -0.25) is 0 Å². The van der Waals surface area contributed by atoms with Gasteiger partial charge < -0.3 is 9.47 Å². The maximum atomic E-state index is 5.89. The Kier molecular flexibility index (Phi) is 2.47. The van der Waals surface area contributed by atoms with Gasteiger partial charge in [-0.1, -0.05) is 32.0 Å². The molecule has 0 atom stereocenters. The molecule has 1 heterocycles. The predicted molar refractivity (Wildman–Crippen MR) is 60.0 cm³/mol. The first-order valence-corrected chi connectivity index (χ1v) is 5.44. The normalized spacial score (nSPS) is 18.5. The molecule has 1 aromatic rings. The largest absolute Gasteiger partial charge is 0.462 e. The van der Waals surface area contributed by atoms with Crippen LogP contribution in [0.4, 0.5) is 0 Å². The summed E-state index contributed by atoms with van der Waals surface area (Å²) in [5, 5.41) is 0. The van der Waals surface area contributed by atoms with Crippen LogP contribution in [-0.4, -0.2) is 5.79 Å². The number of para-hydroxylation sites is 1. The lowest BCUT2D eigenvalue weighted by molar-refractivity contribution is -0.180. The molecule has 0 spiro atoms. The second-order valence-electron chi connectivity index (χ2n) is 4.78. The van der Waals surface area contributed by atoms with Crippen LogP contribution in [0.1, 0.15) is 44.7 Å². The van der Waals surface area contributed by atoms with E-state index in [4.69, 9.17) is 9.47 Å². The summed E-state index contributed by atoms with van der Waals surface area (Å²) in [5.41, 5.74) is 2.42. The third-order valence-corrected chi connectivity index (χ3v) is 2.67. The maximum absolute atomic E-state index is 5.89. The Balaban J connectivity index is 2.45. The molecule has 0 fully saturated rings. The number of rotatable bonds is 1. The fourth-order valence-corrected chi connectivity index (χ4v) is 1.82. The molecule has 1 aromatic carbocycles. The van der Waals surface area contributed by atoms with Crippen molar-refractivity contribution in [3.8, 4) is 5.75 Å². The van der Waals surface area contributed by atoms with Crippen LogP contribution in [0.2, 0.25) is 0 Å². The molecule has 82 valence electrons. The third kappa shape index (κ3) is 2.00. The first kappa shape index (κ1) is 10.5. The molecular weight excluding hydrogens is 188 g/mol. The second-order valence-corrected chi connectivity index (χ2v) is 4.78. The molecule has 0 N–H and O–H groups in total. The van der Waals surface area contributed by atoms with Gasteiger partial charge in [-0.15, -0.1) is 0 Å². The summed E-state index contributed by atoms with van der Waals surface area (Å²) in [5.74, 6) is 0.996. The summed E-state index contributed by atoms with van der Waals surface area (Å²) < 4.78 is 11.5. The molecular formula is C13H18O2. The van der Waals surface area contributed by atoms with Crippen molar-refractivity contribution >= 4 is 0 Å². The summed E-state index contributed by atoms with van der Waals surface area (Å²) in [6.07, 6.45) is 0. The fraction of sp³-hybridized carbons (Fsp3) is 0.538. The van der Waals surface area contributed by atoms with Gasteiger partial charge in [0.25, 0.3) is 0 Å². The highest BCUT2D eigenvalue weighted by Gasteiger charge is 2.29. The second kappa shape index (κ2) is 3.53. The van der Waals surface area contributed by atoms with Crippen molar-refractivity contribution in [3.05, 3.63) is 29.3 Å². The van der Waals surface area contributed by atoms with Gasteiger partial charge in [-0.25, -0.2) is 0 Å². The lowest BCUT2D eigenvalue weighted by Crippen LogP contribution is -2.35. The molecule has 0 aromatic heterocycles. The Morgan fingerprint density at radius 1 is 1.27 bits per heavy atom. The summed E-state index contributed by atoms with van der Waals surface area (Å²) in [6.45, 7) is 8.91. The van der Waals surface area contributed by atoms with Crippen LogP contribution in [0.25, 0.3) is 0 Å². The third-order valence-electron chi connectivity index (χ3n) is 2.67. The van der Waals surface area contributed by atoms with Crippen LogP contribution < -0.4 is 4.74 Å². The van der Waals surface area contributed by atoms with Gasteiger partial charge in [0.05, 0.1) is 6.61 Å². The Morgan fingerprint density at radius 2 is 2.00 bits per heavy atom. The average Bonchev–Trinajstić information content (AvgIpc) is 2.15. The standard InChI is InChI=1S/C13H18O2/c1-9(2)11-7-5-6-10-8-14-13(3,4)15-12(10)11/h5-7,9H,8H2,1-4H3. The van der Waals surface area contributed by atoms with Gasteiger partial charge >= 0.3 is 0 Å². The van der Waals surface area contributed by atoms with Gasteiger partial charge in [0.1, 0.15) is 5.75 Å². The number of ether oxygens (including phenoxy) is 2. The van der Waals surface area contributed by atoms with E-state index in [0.717, 1.165) is 11.3 Å². The average molecular weight is 206 g/mol. The lowest BCUT2D eigenvalue weighted by atomic mass is 9.98. The fourth-order valence-electron chi connectivity index (χ4n) is 1.82. The van der Waals surface area contributed by atoms with E-state index in [0.29, 0.717) is 12.5 Å². The SMILES string of the molecule is CC(C)c1cccc2c1OC(C)(C)OC2. The zero-order valence-corrected chi connectivity index (χ0v) is 9.83. The minimum absolute atomic E-state index is 0.480. The van der Waals surface area contributed by atoms with Crippen molar-refractivity contribution in [2.75, 3.05) is 0 Å². The van der Waals surface area contributed by atoms with Crippen molar-refractivity contribution in [1.29, 1.82) is 0 Å². The van der Waals surface area contributed by atoms with E-state index in [-0.39, 0.29) is 0 Å². The van der Waals surface area contributed by atoms with Crippen LogP contribution in [0.15, 0.2) is 18.2 Å². The van der Waals surface area contributed by atoms with Crippen LogP contribution in [-0.2, 0) is 11.3 Å². The quantitative estimate of drug-likeness (QED) is 0.700. The Labute approximate surface area is 91.2 Å². The first-order valence-electron chi connectivity index (χ1n) is 5.44. The molecule has 1 aliphatic heterocycles. The molecule has 2 rings (SSSR count). The maximum Gasteiger partial charge on any atom is 0.205 e. The molecule has 15 heavy (non-hydrogen) atoms. The molecule has 0 unspecified atom stereocenters. The number of hydrogen-bond acceptors (Lipinski definition) is 2. The van der Waals surface area contributed by atoms with Crippen molar-refractivity contribution in [2.24, 2.45) is 0 Å². The topological polar surface area (TPSA) is 18.5 Å². The smallest absolute Gasteiger partial charge is 0.205 e. The minimum atomic E-state index is -0.502. The summed E-state index contributed by atoms with van der Waals surface area (Å²) in [4.78, 5) is 0. The predicted octanol–water partition coefficient (Wildman–Crippen LogP) is 3.46. The lowest BCUT2D eigenvalue weighted by Gasteiger charge is -2.34. The van der Waals surface area contributed by atoms with E-state index in [1.165, 1.54) is 5.56 Å². The van der Waals surface area contributed by atoms with Gasteiger partial charge in [0, 0.05) is 19.4 Å². The highest BCUT2D eigenvalue weighted by molar-refractivity contribution is 5.44. The van der Waals surface area contributed by atoms with Crippen LogP contribution >= 0.6 is 0 Å². The molecule has 0 bridgehead atoms. The monoisotopic (exact) mass is 206 g/mol. The van der Waals surface area contributed by atoms with E-state index >= 15 is 0 Å². The highest BCUT2D eigenvalue weighted by atomic mass is 16.7. The number of hydrogen-bond donors (Lipinski definition) is 0. The van der Waals surface area contributed by atoms with Crippen LogP contribution in [0, 0.1) is 0 Å². The first-order chi connectivity index (χ1) is 6.99. The molecule has 2 heteroatoms. The Hall–Kier alpha value is -1.02. The molecule has 2 nitrogen and oxygen atoms in total. The van der Waals surface area contributed by atoms with E-state index in [1.54, 1.807) is 0 Å². The zero-order valence-electron chi connectivity index (χ0n) is 9.83. The van der Waals surface area contributed by atoms with Crippen molar-refractivity contribution in [1.82, 2.24) is 0 Å². The van der Waals surface area contributed by atoms with E-state index < -0.39 is 5.79 Å². The zero-order chi connectivity index (χ0) is 11.1. The molecule has 0 saturated carbocycles. The van der Waals surface area contributed by atoms with E-state index in [9.17, 15) is 0 Å². The van der Waals surface area contributed by atoms with Crippen molar-refractivity contribution in [2.45, 2.75) is 46.0 Å². The van der Waals surface area contributed by atoms with E-state index in [1.807, 2.05) is 13.8 Å². The minimum Gasteiger partial charge on any atom is -0.462 e. The van der Waals surface area contributed by atoms with Gasteiger partial charge in [0.2, 0.25) is 5.79 Å². The Morgan fingerprint density at radius 3 is 2.67 bits per heavy atom. The summed E-state index contributed by atoms with van der Waals surface area (Å²) >= 11 is 0. The Bertz CT molecular complexity index is 367. The molecule has 1 aliphatic rings. The van der Waals surface area contributed by atoms with Gasteiger partial charge in [0.15, 0.2) is 0 Å². The molecule has 0 amide bonds. The molecule has 0 saturated heterocycles. The number of fused-ring (bicyclic) bond motifs is 1. The van der Waals surface area contributed by atoms with E-state index in [2.05, 4.69) is 32.0 Å². The van der Waals surface area contributed by atoms with Crippen molar-refractivity contribution < 1.29 is 9.47 Å². The summed E-state index contributed by atoms with van der Waals surface area (Å²) in [6, 6.07) is 6.26. The van der Waals surface area contributed by atoms with Gasteiger partial charge in [-0.2, -0.15) is 0 Å². The van der Waals surface area contributed by atoms with Crippen LogP contribution in [0.5, 0.6) is 5.75 Å². The van der Waals surface area contributed by atoms with Gasteiger partial charge in [-0.05, 0) is 11.5 Å².